The highest BCUT2D eigenvalue weighted by atomic mass is 35.5. The second-order valence-electron chi connectivity index (χ2n) is 8.18. The van der Waals surface area contributed by atoms with Crippen molar-refractivity contribution < 1.29 is 13.2 Å². The first-order chi connectivity index (χ1) is 15.4. The molecule has 0 radical (unpaired) electrons. The van der Waals surface area contributed by atoms with Crippen LogP contribution in [0, 0.1) is 0 Å². The molecule has 1 aliphatic carbocycles. The second-order valence-corrected chi connectivity index (χ2v) is 11.4. The molecule has 1 saturated heterocycles. The maximum atomic E-state index is 13.0. The van der Waals surface area contributed by atoms with Crippen molar-refractivity contribution in [2.75, 3.05) is 26.2 Å². The molecule has 2 aromatic carbocycles. The minimum absolute atomic E-state index is 0.0288. The molecule has 1 saturated carbocycles. The van der Waals surface area contributed by atoms with E-state index in [1.807, 2.05) is 18.2 Å². The summed E-state index contributed by atoms with van der Waals surface area (Å²) in [5.41, 5.74) is 1.36. The van der Waals surface area contributed by atoms with E-state index < -0.39 is 10.0 Å². The van der Waals surface area contributed by atoms with Gasteiger partial charge in [0.2, 0.25) is 10.0 Å². The number of piperazine rings is 1. The Balaban J connectivity index is 1.23. The average molecular weight is 491 g/mol. The number of rotatable bonds is 6. The molecule has 1 N–H and O–H groups in total. The number of para-hydroxylation sites is 1. The third-order valence-corrected chi connectivity index (χ3v) is 8.75. The molecule has 3 aromatic rings. The van der Waals surface area contributed by atoms with E-state index in [1.54, 1.807) is 22.3 Å². The normalized spacial score (nSPS) is 17.7. The molecule has 2 heterocycles. The highest BCUT2D eigenvalue weighted by Crippen LogP contribution is 2.28. The molecule has 1 aromatic heterocycles. The first kappa shape index (κ1) is 21.8. The van der Waals surface area contributed by atoms with Crippen LogP contribution in [0.15, 0.2) is 47.4 Å². The summed E-state index contributed by atoms with van der Waals surface area (Å²) >= 11 is 7.84. The third-order valence-electron chi connectivity index (χ3n) is 5.72. The van der Waals surface area contributed by atoms with E-state index >= 15 is 0 Å². The Morgan fingerprint density at radius 1 is 1.12 bits per heavy atom. The molecule has 0 spiro atoms. The fourth-order valence-electron chi connectivity index (χ4n) is 3.80. The van der Waals surface area contributed by atoms with Gasteiger partial charge in [0.05, 0.1) is 21.8 Å². The van der Waals surface area contributed by atoms with Crippen LogP contribution in [0.5, 0.6) is 0 Å². The quantitative estimate of drug-likeness (QED) is 0.573. The molecule has 0 bridgehead atoms. The third kappa shape index (κ3) is 4.67. The molecule has 0 atom stereocenters. The standard InChI is InChI=1S/C22H23ClN4O3S2/c23-17-8-5-15(13-20(17)32(29,30)25-16-6-7-16)22(28)27-11-9-26(10-12-27)14-21-24-18-3-1-2-4-19(18)31-21/h1-5,8,13,16,25H,6-7,9-12,14H2. The Hall–Kier alpha value is -2.04. The van der Waals surface area contributed by atoms with Crippen molar-refractivity contribution in [1.82, 2.24) is 19.5 Å². The number of thiazole rings is 1. The van der Waals surface area contributed by atoms with Gasteiger partial charge in [-0.15, -0.1) is 11.3 Å². The monoisotopic (exact) mass is 490 g/mol. The minimum atomic E-state index is -3.74. The summed E-state index contributed by atoms with van der Waals surface area (Å²) in [6.07, 6.45) is 1.66. The largest absolute Gasteiger partial charge is 0.336 e. The van der Waals surface area contributed by atoms with Crippen molar-refractivity contribution in [2.45, 2.75) is 30.3 Å². The number of benzene rings is 2. The number of nitrogens with one attached hydrogen (secondary N) is 1. The van der Waals surface area contributed by atoms with Crippen LogP contribution < -0.4 is 4.72 Å². The number of halogens is 1. The first-order valence-corrected chi connectivity index (χ1v) is 13.2. The van der Waals surface area contributed by atoms with Gasteiger partial charge in [0.15, 0.2) is 0 Å². The van der Waals surface area contributed by atoms with Gasteiger partial charge in [-0.25, -0.2) is 18.1 Å². The van der Waals surface area contributed by atoms with Gasteiger partial charge in [-0.1, -0.05) is 23.7 Å². The zero-order valence-electron chi connectivity index (χ0n) is 17.3. The number of fused-ring (bicyclic) bond motifs is 1. The van der Waals surface area contributed by atoms with E-state index in [4.69, 9.17) is 16.6 Å². The van der Waals surface area contributed by atoms with E-state index in [-0.39, 0.29) is 21.9 Å². The maximum absolute atomic E-state index is 13.0. The smallest absolute Gasteiger partial charge is 0.253 e. The van der Waals surface area contributed by atoms with Gasteiger partial charge in [0, 0.05) is 37.8 Å². The molecule has 5 rings (SSSR count). The highest BCUT2D eigenvalue weighted by molar-refractivity contribution is 7.89. The fraction of sp³-hybridized carbons (Fsp3) is 0.364. The number of sulfonamides is 1. The number of amides is 1. The number of carbonyl (C=O) groups is 1. The zero-order valence-corrected chi connectivity index (χ0v) is 19.7. The molecule has 0 unspecified atom stereocenters. The average Bonchev–Trinajstić information content (AvgIpc) is 3.49. The lowest BCUT2D eigenvalue weighted by Crippen LogP contribution is -2.48. The molecule has 168 valence electrons. The Bertz CT molecular complexity index is 1230. The van der Waals surface area contributed by atoms with Crippen LogP contribution in [0.1, 0.15) is 28.2 Å². The summed E-state index contributed by atoms with van der Waals surface area (Å²) in [4.78, 5) is 21.8. The molecule has 1 aliphatic heterocycles. The van der Waals surface area contributed by atoms with Crippen LogP contribution in [0.25, 0.3) is 10.2 Å². The number of hydrogen-bond acceptors (Lipinski definition) is 6. The van der Waals surface area contributed by atoms with Crippen molar-refractivity contribution in [3.05, 3.63) is 58.1 Å². The predicted octanol–water partition coefficient (Wildman–Crippen LogP) is 3.35. The lowest BCUT2D eigenvalue weighted by atomic mass is 10.2. The van der Waals surface area contributed by atoms with Gasteiger partial charge < -0.3 is 4.90 Å². The lowest BCUT2D eigenvalue weighted by molar-refractivity contribution is 0.0628. The molecule has 32 heavy (non-hydrogen) atoms. The molecule has 1 amide bonds. The first-order valence-electron chi connectivity index (χ1n) is 10.6. The van der Waals surface area contributed by atoms with E-state index in [1.165, 1.54) is 16.8 Å². The Morgan fingerprint density at radius 2 is 1.88 bits per heavy atom. The van der Waals surface area contributed by atoms with Gasteiger partial charge in [0.25, 0.3) is 5.91 Å². The number of hydrogen-bond donors (Lipinski definition) is 1. The number of aromatic nitrogens is 1. The maximum Gasteiger partial charge on any atom is 0.253 e. The van der Waals surface area contributed by atoms with Gasteiger partial charge >= 0.3 is 0 Å². The lowest BCUT2D eigenvalue weighted by Gasteiger charge is -2.34. The minimum Gasteiger partial charge on any atom is -0.336 e. The van der Waals surface area contributed by atoms with E-state index in [9.17, 15) is 13.2 Å². The number of carbonyl (C=O) groups excluding carboxylic acids is 1. The molecule has 2 fully saturated rings. The van der Waals surface area contributed by atoms with Crippen LogP contribution in [0.2, 0.25) is 5.02 Å². The molecule has 10 heteroatoms. The molecular weight excluding hydrogens is 468 g/mol. The highest BCUT2D eigenvalue weighted by Gasteiger charge is 2.30. The van der Waals surface area contributed by atoms with Crippen molar-refractivity contribution in [3.63, 3.8) is 0 Å². The SMILES string of the molecule is O=C(c1ccc(Cl)c(S(=O)(=O)NC2CC2)c1)N1CCN(Cc2nc3ccccc3s2)CC1. The summed E-state index contributed by atoms with van der Waals surface area (Å²) in [6.45, 7) is 3.40. The van der Waals surface area contributed by atoms with Crippen molar-refractivity contribution in [2.24, 2.45) is 0 Å². The van der Waals surface area contributed by atoms with Crippen LogP contribution >= 0.6 is 22.9 Å². The van der Waals surface area contributed by atoms with E-state index in [0.717, 1.165) is 43.0 Å². The van der Waals surface area contributed by atoms with Gasteiger partial charge in [-0.2, -0.15) is 0 Å². The van der Waals surface area contributed by atoms with Crippen LogP contribution in [-0.2, 0) is 16.6 Å². The van der Waals surface area contributed by atoms with Crippen molar-refractivity contribution >= 4 is 49.1 Å². The summed E-state index contributed by atoms with van der Waals surface area (Å²) in [6, 6.07) is 12.5. The van der Waals surface area contributed by atoms with Crippen LogP contribution in [0.3, 0.4) is 0 Å². The fourth-order valence-corrected chi connectivity index (χ4v) is 6.64. The Morgan fingerprint density at radius 3 is 2.59 bits per heavy atom. The Labute approximate surface area is 196 Å². The van der Waals surface area contributed by atoms with Crippen molar-refractivity contribution in [3.8, 4) is 0 Å². The summed E-state index contributed by atoms with van der Waals surface area (Å²) in [5, 5.41) is 1.19. The van der Waals surface area contributed by atoms with Crippen LogP contribution in [-0.4, -0.2) is 61.3 Å². The number of nitrogens with zero attached hydrogens (tertiary/aromatic N) is 3. The zero-order chi connectivity index (χ0) is 22.3. The summed E-state index contributed by atoms with van der Waals surface area (Å²) in [7, 11) is -3.74. The van der Waals surface area contributed by atoms with Gasteiger partial charge in [-0.05, 0) is 43.2 Å². The Kier molecular flexibility index (Phi) is 5.94. The van der Waals surface area contributed by atoms with E-state index in [0.29, 0.717) is 18.7 Å². The van der Waals surface area contributed by atoms with Gasteiger partial charge in [-0.3, -0.25) is 9.69 Å². The van der Waals surface area contributed by atoms with Gasteiger partial charge in [0.1, 0.15) is 9.90 Å². The van der Waals surface area contributed by atoms with E-state index in [2.05, 4.69) is 15.7 Å². The second kappa shape index (κ2) is 8.72. The molecule has 2 aliphatic rings. The molecular formula is C22H23ClN4O3S2. The molecule has 7 nitrogen and oxygen atoms in total. The van der Waals surface area contributed by atoms with Crippen LogP contribution in [0.4, 0.5) is 0 Å². The topological polar surface area (TPSA) is 82.6 Å². The van der Waals surface area contributed by atoms with Crippen molar-refractivity contribution in [1.29, 1.82) is 0 Å². The predicted molar refractivity (Wildman–Crippen MR) is 126 cm³/mol. The summed E-state index contributed by atoms with van der Waals surface area (Å²) < 4.78 is 29.0. The summed E-state index contributed by atoms with van der Waals surface area (Å²) in [5.74, 6) is -0.177.